The Balaban J connectivity index is 1.78. The number of rotatable bonds is 5. The highest BCUT2D eigenvalue weighted by Crippen LogP contribution is 2.35. The number of aromatic nitrogens is 3. The van der Waals surface area contributed by atoms with Gasteiger partial charge in [-0.25, -0.2) is 0 Å². The zero-order chi connectivity index (χ0) is 23.2. The lowest BCUT2D eigenvalue weighted by atomic mass is 9.80. The van der Waals surface area contributed by atoms with Crippen molar-refractivity contribution in [2.75, 3.05) is 13.7 Å². The van der Waals surface area contributed by atoms with E-state index in [0.717, 1.165) is 29.8 Å². The standard InChI is InChI=1S/C27H29N3O3/c1-18-22(17-32-3)16-26-24(29-13-14-30-26)9-6-7-20-10-11-21(15-23(18)20)27(33-19(2)31)25-8-4-5-12-28-25/h4-6,8-15,18,22,27H,7,16-17H2,1-3H3/b9-6+. The third kappa shape index (κ3) is 5.34. The summed E-state index contributed by atoms with van der Waals surface area (Å²) in [6.07, 6.45) is 10.4. The van der Waals surface area contributed by atoms with Gasteiger partial charge in [-0.15, -0.1) is 0 Å². The van der Waals surface area contributed by atoms with Crippen LogP contribution in [-0.2, 0) is 27.1 Å². The van der Waals surface area contributed by atoms with Crippen molar-refractivity contribution < 1.29 is 14.3 Å². The van der Waals surface area contributed by atoms with Crippen LogP contribution in [0.15, 0.2) is 61.1 Å². The van der Waals surface area contributed by atoms with Gasteiger partial charge >= 0.3 is 5.97 Å². The molecule has 6 heteroatoms. The SMILES string of the molecule is COCC1Cc2nccnc2/C=C/Cc2ccc(C(OC(C)=O)c3ccccn3)cc2C1C. The number of pyridine rings is 1. The number of nitrogens with zero attached hydrogens (tertiary/aromatic N) is 3. The van der Waals surface area contributed by atoms with Crippen molar-refractivity contribution in [3.05, 3.63) is 94.8 Å². The minimum absolute atomic E-state index is 0.197. The van der Waals surface area contributed by atoms with Crippen molar-refractivity contribution in [1.29, 1.82) is 0 Å². The normalized spacial score (nSPS) is 19.6. The average molecular weight is 444 g/mol. The summed E-state index contributed by atoms with van der Waals surface area (Å²) in [4.78, 5) is 25.5. The predicted molar refractivity (Wildman–Crippen MR) is 127 cm³/mol. The number of fused-ring (bicyclic) bond motifs is 2. The number of hydrogen-bond donors (Lipinski definition) is 0. The Kier molecular flexibility index (Phi) is 7.25. The second-order valence-electron chi connectivity index (χ2n) is 8.41. The van der Waals surface area contributed by atoms with E-state index in [9.17, 15) is 4.79 Å². The van der Waals surface area contributed by atoms with E-state index in [-0.39, 0.29) is 17.8 Å². The van der Waals surface area contributed by atoms with Crippen LogP contribution in [-0.4, -0.2) is 34.6 Å². The highest BCUT2D eigenvalue weighted by atomic mass is 16.5. The molecule has 3 aromatic rings. The molecule has 0 amide bonds. The Morgan fingerprint density at radius 2 is 1.97 bits per heavy atom. The molecule has 1 aliphatic rings. The number of methoxy groups -OCH3 is 1. The molecule has 2 heterocycles. The second-order valence-corrected chi connectivity index (χ2v) is 8.41. The lowest BCUT2D eigenvalue weighted by molar-refractivity contribution is -0.144. The van der Waals surface area contributed by atoms with Gasteiger partial charge in [0.15, 0.2) is 6.10 Å². The summed E-state index contributed by atoms with van der Waals surface area (Å²) < 4.78 is 11.3. The van der Waals surface area contributed by atoms with Gasteiger partial charge in [0.25, 0.3) is 0 Å². The lowest BCUT2D eigenvalue weighted by Gasteiger charge is -2.28. The molecule has 33 heavy (non-hydrogen) atoms. The molecule has 0 aliphatic heterocycles. The molecule has 0 bridgehead atoms. The first-order chi connectivity index (χ1) is 16.1. The maximum atomic E-state index is 11.9. The fourth-order valence-electron chi connectivity index (χ4n) is 4.45. The minimum atomic E-state index is -0.556. The Labute approximate surface area is 194 Å². The van der Waals surface area contributed by atoms with Gasteiger partial charge in [0.2, 0.25) is 0 Å². The molecule has 0 saturated carbocycles. The Hall–Kier alpha value is -3.38. The first kappa shape index (κ1) is 22.8. The topological polar surface area (TPSA) is 74.2 Å². The summed E-state index contributed by atoms with van der Waals surface area (Å²) in [7, 11) is 1.73. The van der Waals surface area contributed by atoms with E-state index in [2.05, 4.69) is 46.2 Å². The van der Waals surface area contributed by atoms with Crippen molar-refractivity contribution in [2.45, 2.75) is 38.7 Å². The molecule has 0 spiro atoms. The van der Waals surface area contributed by atoms with E-state index < -0.39 is 6.10 Å². The Morgan fingerprint density at radius 1 is 1.12 bits per heavy atom. The zero-order valence-electron chi connectivity index (χ0n) is 19.3. The monoisotopic (exact) mass is 443 g/mol. The van der Waals surface area contributed by atoms with E-state index in [1.807, 2.05) is 24.3 Å². The van der Waals surface area contributed by atoms with Gasteiger partial charge in [-0.05, 0) is 59.6 Å². The third-order valence-electron chi connectivity index (χ3n) is 6.17. The number of ether oxygens (including phenoxy) is 2. The molecule has 4 rings (SSSR count). The second kappa shape index (κ2) is 10.5. The summed E-state index contributed by atoms with van der Waals surface area (Å²) >= 11 is 0. The molecule has 3 unspecified atom stereocenters. The quantitative estimate of drug-likeness (QED) is 0.532. The fraction of sp³-hybridized carbons (Fsp3) is 0.333. The molecule has 6 nitrogen and oxygen atoms in total. The first-order valence-corrected chi connectivity index (χ1v) is 11.2. The van der Waals surface area contributed by atoms with E-state index in [4.69, 9.17) is 9.47 Å². The number of hydrogen-bond acceptors (Lipinski definition) is 6. The molecular formula is C27H29N3O3. The molecule has 0 radical (unpaired) electrons. The van der Waals surface area contributed by atoms with E-state index in [1.54, 1.807) is 25.7 Å². The van der Waals surface area contributed by atoms with Crippen LogP contribution < -0.4 is 0 Å². The van der Waals surface area contributed by atoms with Crippen LogP contribution in [0.1, 0.15) is 59.6 Å². The minimum Gasteiger partial charge on any atom is -0.451 e. The third-order valence-corrected chi connectivity index (χ3v) is 6.17. The summed E-state index contributed by atoms with van der Waals surface area (Å²) in [6.45, 7) is 4.27. The molecule has 1 aliphatic carbocycles. The lowest BCUT2D eigenvalue weighted by Crippen LogP contribution is -2.22. The van der Waals surface area contributed by atoms with Crippen LogP contribution in [0.2, 0.25) is 0 Å². The summed E-state index contributed by atoms with van der Waals surface area (Å²) in [5.74, 6) is 0.0741. The fourth-order valence-corrected chi connectivity index (χ4v) is 4.45. The smallest absolute Gasteiger partial charge is 0.303 e. The largest absolute Gasteiger partial charge is 0.451 e. The summed E-state index contributed by atoms with van der Waals surface area (Å²) in [6, 6.07) is 12.0. The Morgan fingerprint density at radius 3 is 2.73 bits per heavy atom. The summed E-state index contributed by atoms with van der Waals surface area (Å²) in [5, 5.41) is 0. The van der Waals surface area contributed by atoms with E-state index in [1.165, 1.54) is 18.1 Å². The molecule has 3 atom stereocenters. The Bertz CT molecular complexity index is 1130. The van der Waals surface area contributed by atoms with Crippen molar-refractivity contribution in [3.8, 4) is 0 Å². The number of benzene rings is 1. The van der Waals surface area contributed by atoms with Crippen molar-refractivity contribution >= 4 is 12.0 Å². The van der Waals surface area contributed by atoms with Crippen LogP contribution in [0.5, 0.6) is 0 Å². The summed E-state index contributed by atoms with van der Waals surface area (Å²) in [5.41, 5.74) is 5.97. The highest BCUT2D eigenvalue weighted by Gasteiger charge is 2.26. The van der Waals surface area contributed by atoms with Crippen LogP contribution in [0.25, 0.3) is 6.08 Å². The zero-order valence-corrected chi connectivity index (χ0v) is 19.3. The van der Waals surface area contributed by atoms with Gasteiger partial charge < -0.3 is 9.47 Å². The molecule has 2 aromatic heterocycles. The van der Waals surface area contributed by atoms with E-state index >= 15 is 0 Å². The molecule has 0 fully saturated rings. The average Bonchev–Trinajstić information content (AvgIpc) is 2.83. The van der Waals surface area contributed by atoms with Crippen LogP contribution in [0.3, 0.4) is 0 Å². The van der Waals surface area contributed by atoms with Gasteiger partial charge in [0.05, 0.1) is 17.1 Å². The number of carbonyl (C=O) groups excluding carboxylic acids is 1. The van der Waals surface area contributed by atoms with Gasteiger partial charge in [-0.2, -0.15) is 0 Å². The van der Waals surface area contributed by atoms with E-state index in [0.29, 0.717) is 12.3 Å². The number of carbonyl (C=O) groups is 1. The van der Waals surface area contributed by atoms with Crippen LogP contribution >= 0.6 is 0 Å². The molecule has 1 aromatic carbocycles. The molecule has 0 N–H and O–H groups in total. The first-order valence-electron chi connectivity index (χ1n) is 11.2. The van der Waals surface area contributed by atoms with Crippen LogP contribution in [0, 0.1) is 5.92 Å². The van der Waals surface area contributed by atoms with Crippen molar-refractivity contribution in [1.82, 2.24) is 15.0 Å². The van der Waals surface area contributed by atoms with Gasteiger partial charge in [0, 0.05) is 39.2 Å². The van der Waals surface area contributed by atoms with Crippen LogP contribution in [0.4, 0.5) is 0 Å². The number of esters is 1. The molecule has 0 saturated heterocycles. The molecule has 170 valence electrons. The van der Waals surface area contributed by atoms with Gasteiger partial charge in [-0.1, -0.05) is 37.3 Å². The predicted octanol–water partition coefficient (Wildman–Crippen LogP) is 4.70. The van der Waals surface area contributed by atoms with Gasteiger partial charge in [-0.3, -0.25) is 19.7 Å². The maximum Gasteiger partial charge on any atom is 0.303 e. The maximum absolute atomic E-state index is 11.9. The molecular weight excluding hydrogens is 414 g/mol. The van der Waals surface area contributed by atoms with Crippen molar-refractivity contribution in [2.24, 2.45) is 5.92 Å². The highest BCUT2D eigenvalue weighted by molar-refractivity contribution is 5.66. The van der Waals surface area contributed by atoms with Gasteiger partial charge in [0.1, 0.15) is 0 Å². The number of allylic oxidation sites excluding steroid dienone is 1. The van der Waals surface area contributed by atoms with Crippen molar-refractivity contribution in [3.63, 3.8) is 0 Å².